The molecule has 0 radical (unpaired) electrons. The molecule has 1 heterocycles. The Hall–Kier alpha value is -3.16. The van der Waals surface area contributed by atoms with E-state index in [0.29, 0.717) is 18.3 Å². The van der Waals surface area contributed by atoms with Crippen molar-refractivity contribution in [2.45, 2.75) is 32.2 Å². The van der Waals surface area contributed by atoms with Gasteiger partial charge >= 0.3 is 0 Å². The average molecular weight is 492 g/mol. The predicted molar refractivity (Wildman–Crippen MR) is 138 cm³/mol. The van der Waals surface area contributed by atoms with Crippen LogP contribution in [0.15, 0.2) is 84.9 Å². The highest BCUT2D eigenvalue weighted by atomic mass is 35.5. The van der Waals surface area contributed by atoms with Crippen LogP contribution in [0, 0.1) is 6.92 Å². The van der Waals surface area contributed by atoms with Crippen molar-refractivity contribution in [2.75, 3.05) is 13.7 Å². The summed E-state index contributed by atoms with van der Waals surface area (Å²) >= 11 is 6.60. The molecule has 0 aliphatic rings. The molecule has 0 saturated heterocycles. The maximum Gasteiger partial charge on any atom is 0.139 e. The lowest BCUT2D eigenvalue weighted by atomic mass is 10.0. The topological polar surface area (TPSA) is 70.8 Å². The Morgan fingerprint density at radius 3 is 2.23 bits per heavy atom. The summed E-state index contributed by atoms with van der Waals surface area (Å²) in [5.41, 5.74) is 4.40. The fourth-order valence-corrected chi connectivity index (χ4v) is 4.37. The van der Waals surface area contributed by atoms with Crippen molar-refractivity contribution in [1.29, 1.82) is 0 Å². The Morgan fingerprint density at radius 1 is 0.971 bits per heavy atom. The first kappa shape index (κ1) is 24.9. The van der Waals surface area contributed by atoms with Crippen LogP contribution in [0.2, 0.25) is 5.15 Å². The van der Waals surface area contributed by atoms with E-state index in [1.807, 2.05) is 104 Å². The largest absolute Gasteiger partial charge is 0.489 e. The molecular formula is C28H30ClN3O3. The standard InChI is InChI=1S/C28H30ClN3O3/c1-20-25(28(29)32(30-20)23-11-7-4-8-12-23)19-35-24-15-13-21(14-16-24)17-31(2)26(18-33)27(34)22-9-5-3-6-10-22/h3-16,26-27,33-34H,17-19H2,1-2H3/t26-,27-/m0/s1. The highest BCUT2D eigenvalue weighted by molar-refractivity contribution is 6.30. The van der Waals surface area contributed by atoms with Crippen molar-refractivity contribution < 1.29 is 14.9 Å². The van der Waals surface area contributed by atoms with Crippen LogP contribution in [0.25, 0.3) is 5.69 Å². The van der Waals surface area contributed by atoms with Crippen LogP contribution in [-0.4, -0.2) is 44.6 Å². The van der Waals surface area contributed by atoms with E-state index in [0.717, 1.165) is 33.8 Å². The number of hydrogen-bond donors (Lipinski definition) is 2. The van der Waals surface area contributed by atoms with Crippen molar-refractivity contribution in [3.05, 3.63) is 112 Å². The molecule has 0 amide bonds. The van der Waals surface area contributed by atoms with Crippen molar-refractivity contribution in [1.82, 2.24) is 14.7 Å². The Bertz CT molecular complexity index is 1210. The minimum atomic E-state index is -0.779. The second-order valence-electron chi connectivity index (χ2n) is 8.56. The normalized spacial score (nSPS) is 13.1. The van der Waals surface area contributed by atoms with E-state index in [2.05, 4.69) is 5.10 Å². The van der Waals surface area contributed by atoms with Gasteiger partial charge in [-0.05, 0) is 49.4 Å². The summed E-state index contributed by atoms with van der Waals surface area (Å²) in [5.74, 6) is 0.724. The van der Waals surface area contributed by atoms with Gasteiger partial charge in [-0.2, -0.15) is 5.10 Å². The number of hydrogen-bond acceptors (Lipinski definition) is 5. The first-order valence-corrected chi connectivity index (χ1v) is 11.9. The highest BCUT2D eigenvalue weighted by Crippen LogP contribution is 2.26. The molecule has 6 nitrogen and oxygen atoms in total. The quantitative estimate of drug-likeness (QED) is 0.329. The number of likely N-dealkylation sites (N-methyl/N-ethyl adjacent to an activating group) is 1. The van der Waals surface area contributed by atoms with Gasteiger partial charge in [0.2, 0.25) is 0 Å². The second kappa shape index (κ2) is 11.5. The number of rotatable bonds is 10. The molecule has 0 aliphatic carbocycles. The Labute approximate surface area is 211 Å². The lowest BCUT2D eigenvalue weighted by Gasteiger charge is -2.30. The van der Waals surface area contributed by atoms with E-state index in [-0.39, 0.29) is 6.61 Å². The predicted octanol–water partition coefficient (Wildman–Crippen LogP) is 4.94. The first-order valence-electron chi connectivity index (χ1n) is 11.5. The Balaban J connectivity index is 1.38. The number of aliphatic hydroxyl groups excluding tert-OH is 2. The molecule has 1 aromatic heterocycles. The van der Waals surface area contributed by atoms with E-state index in [1.165, 1.54) is 0 Å². The number of para-hydroxylation sites is 1. The fraction of sp³-hybridized carbons (Fsp3) is 0.250. The number of nitrogens with zero attached hydrogens (tertiary/aromatic N) is 3. The lowest BCUT2D eigenvalue weighted by Crippen LogP contribution is -2.39. The van der Waals surface area contributed by atoms with Crippen LogP contribution >= 0.6 is 11.6 Å². The fourth-order valence-electron chi connectivity index (χ4n) is 4.04. The molecule has 0 aliphatic heterocycles. The van der Waals surface area contributed by atoms with Gasteiger partial charge in [-0.3, -0.25) is 4.90 Å². The zero-order valence-electron chi connectivity index (χ0n) is 19.9. The van der Waals surface area contributed by atoms with Gasteiger partial charge < -0.3 is 14.9 Å². The number of aryl methyl sites for hydroxylation is 1. The molecule has 3 aromatic carbocycles. The third kappa shape index (κ3) is 5.92. The van der Waals surface area contributed by atoms with Crippen molar-refractivity contribution in [2.24, 2.45) is 0 Å². The monoisotopic (exact) mass is 491 g/mol. The minimum absolute atomic E-state index is 0.148. The molecule has 2 atom stereocenters. The molecule has 4 aromatic rings. The van der Waals surface area contributed by atoms with Crippen molar-refractivity contribution >= 4 is 11.6 Å². The minimum Gasteiger partial charge on any atom is -0.489 e. The molecule has 0 unspecified atom stereocenters. The average Bonchev–Trinajstić information content (AvgIpc) is 3.18. The van der Waals surface area contributed by atoms with Crippen LogP contribution in [-0.2, 0) is 13.2 Å². The van der Waals surface area contributed by atoms with Crippen LogP contribution in [0.3, 0.4) is 0 Å². The van der Waals surface area contributed by atoms with Crippen LogP contribution < -0.4 is 4.74 Å². The molecule has 4 rings (SSSR count). The van der Waals surface area contributed by atoms with Gasteiger partial charge in [-0.1, -0.05) is 72.3 Å². The van der Waals surface area contributed by atoms with Gasteiger partial charge in [0.05, 0.1) is 30.1 Å². The molecule has 7 heteroatoms. The van der Waals surface area contributed by atoms with E-state index in [4.69, 9.17) is 16.3 Å². The van der Waals surface area contributed by atoms with Gasteiger partial charge in [-0.25, -0.2) is 4.68 Å². The van der Waals surface area contributed by atoms with Gasteiger partial charge in [0, 0.05) is 12.1 Å². The summed E-state index contributed by atoms with van der Waals surface area (Å²) in [5, 5.41) is 25.7. The molecule has 2 N–H and O–H groups in total. The highest BCUT2D eigenvalue weighted by Gasteiger charge is 2.24. The van der Waals surface area contributed by atoms with Crippen molar-refractivity contribution in [3.8, 4) is 11.4 Å². The SMILES string of the molecule is Cc1nn(-c2ccccc2)c(Cl)c1COc1ccc(CN(C)[C@@H](CO)[C@@H](O)c2ccccc2)cc1. The van der Waals surface area contributed by atoms with Crippen LogP contribution in [0.1, 0.15) is 28.5 Å². The Kier molecular flexibility index (Phi) is 8.21. The summed E-state index contributed by atoms with van der Waals surface area (Å²) in [6.07, 6.45) is -0.779. The summed E-state index contributed by atoms with van der Waals surface area (Å²) in [7, 11) is 1.90. The third-order valence-corrected chi connectivity index (χ3v) is 6.51. The third-order valence-electron chi connectivity index (χ3n) is 6.12. The number of halogens is 1. The molecule has 0 saturated carbocycles. The van der Waals surface area contributed by atoms with Gasteiger partial charge in [0.25, 0.3) is 0 Å². The van der Waals surface area contributed by atoms with Crippen molar-refractivity contribution in [3.63, 3.8) is 0 Å². The van der Waals surface area contributed by atoms with Crippen LogP contribution in [0.5, 0.6) is 5.75 Å². The maximum atomic E-state index is 10.7. The van der Waals surface area contributed by atoms with Gasteiger partial charge in [0.1, 0.15) is 17.5 Å². The molecule has 35 heavy (non-hydrogen) atoms. The smallest absolute Gasteiger partial charge is 0.139 e. The van der Waals surface area contributed by atoms with E-state index < -0.39 is 12.1 Å². The number of aliphatic hydroxyl groups is 2. The molecule has 0 fully saturated rings. The number of ether oxygens (including phenoxy) is 1. The summed E-state index contributed by atoms with van der Waals surface area (Å²) in [4.78, 5) is 1.95. The van der Waals surface area contributed by atoms with E-state index >= 15 is 0 Å². The first-order chi connectivity index (χ1) is 17.0. The summed E-state index contributed by atoms with van der Waals surface area (Å²) in [6, 6.07) is 26.5. The zero-order valence-corrected chi connectivity index (χ0v) is 20.6. The molecule has 0 spiro atoms. The summed E-state index contributed by atoms with van der Waals surface area (Å²) in [6.45, 7) is 2.66. The molecule has 182 valence electrons. The van der Waals surface area contributed by atoms with Gasteiger partial charge in [0.15, 0.2) is 0 Å². The van der Waals surface area contributed by atoms with Crippen LogP contribution in [0.4, 0.5) is 0 Å². The lowest BCUT2D eigenvalue weighted by molar-refractivity contribution is 0.0237. The second-order valence-corrected chi connectivity index (χ2v) is 8.91. The zero-order chi connectivity index (χ0) is 24.8. The Morgan fingerprint density at radius 2 is 1.60 bits per heavy atom. The summed E-state index contributed by atoms with van der Waals surface area (Å²) < 4.78 is 7.71. The van der Waals surface area contributed by atoms with E-state index in [9.17, 15) is 10.2 Å². The molecular weight excluding hydrogens is 462 g/mol. The molecule has 0 bridgehead atoms. The van der Waals surface area contributed by atoms with Gasteiger partial charge in [-0.15, -0.1) is 0 Å². The van der Waals surface area contributed by atoms with E-state index in [1.54, 1.807) is 4.68 Å². The maximum absolute atomic E-state index is 10.7. The number of benzene rings is 3. The number of aromatic nitrogens is 2.